The van der Waals surface area contributed by atoms with Crippen LogP contribution in [0.5, 0.6) is 0 Å². The Morgan fingerprint density at radius 2 is 1.73 bits per heavy atom. The summed E-state index contributed by atoms with van der Waals surface area (Å²) in [6.45, 7) is 3.22. The van der Waals surface area contributed by atoms with Gasteiger partial charge in [-0.3, -0.25) is 0 Å². The fourth-order valence-corrected chi connectivity index (χ4v) is 3.23. The minimum atomic E-state index is -0.165. The van der Waals surface area contributed by atoms with Crippen molar-refractivity contribution in [2.75, 3.05) is 18.4 Å². The van der Waals surface area contributed by atoms with Crippen molar-refractivity contribution in [3.05, 3.63) is 64.9 Å². The smallest absolute Gasteiger partial charge is 0.123 e. The highest BCUT2D eigenvalue weighted by molar-refractivity contribution is 6.33. The van der Waals surface area contributed by atoms with Crippen molar-refractivity contribution in [2.45, 2.75) is 25.4 Å². The van der Waals surface area contributed by atoms with E-state index in [1.165, 1.54) is 5.56 Å². The lowest BCUT2D eigenvalue weighted by atomic mass is 10.0. The lowest BCUT2D eigenvalue weighted by Crippen LogP contribution is -3.12. The summed E-state index contributed by atoms with van der Waals surface area (Å²) in [4.78, 5) is 1.56. The van der Waals surface area contributed by atoms with Crippen LogP contribution in [0.1, 0.15) is 18.4 Å². The number of anilines is 1. The minimum absolute atomic E-state index is 0.165. The summed E-state index contributed by atoms with van der Waals surface area (Å²) in [5, 5.41) is 4.33. The molecule has 0 unspecified atom stereocenters. The molecular weight excluding hydrogens is 299 g/mol. The molecule has 2 N–H and O–H groups in total. The first-order chi connectivity index (χ1) is 10.7. The maximum Gasteiger partial charge on any atom is 0.123 e. The number of rotatable bonds is 4. The number of halogens is 2. The molecule has 0 bridgehead atoms. The highest BCUT2D eigenvalue weighted by Gasteiger charge is 2.22. The standard InChI is InChI=1S/C18H20ClFN2/c19-17-3-1-2-4-18(17)21-16-9-11-22(12-10-16)13-14-5-7-15(20)8-6-14/h1-8,16,21H,9-13H2/p+1. The quantitative estimate of drug-likeness (QED) is 0.885. The van der Waals surface area contributed by atoms with Gasteiger partial charge in [0, 0.05) is 24.4 Å². The molecule has 1 aliphatic heterocycles. The van der Waals surface area contributed by atoms with Crippen LogP contribution in [-0.2, 0) is 6.54 Å². The first-order valence-corrected chi connectivity index (χ1v) is 8.17. The lowest BCUT2D eigenvalue weighted by molar-refractivity contribution is -0.918. The molecule has 1 aliphatic rings. The number of likely N-dealkylation sites (tertiary alicyclic amines) is 1. The normalized spacial score (nSPS) is 21.5. The molecule has 0 aromatic heterocycles. The van der Waals surface area contributed by atoms with Crippen molar-refractivity contribution >= 4 is 17.3 Å². The fraction of sp³-hybridized carbons (Fsp3) is 0.333. The molecule has 0 saturated carbocycles. The van der Waals surface area contributed by atoms with Gasteiger partial charge in [-0.25, -0.2) is 4.39 Å². The molecule has 0 aliphatic carbocycles. The molecule has 0 radical (unpaired) electrons. The molecule has 1 heterocycles. The predicted molar refractivity (Wildman–Crippen MR) is 88.9 cm³/mol. The van der Waals surface area contributed by atoms with Crippen LogP contribution in [0.3, 0.4) is 0 Å². The van der Waals surface area contributed by atoms with E-state index in [0.29, 0.717) is 6.04 Å². The molecule has 4 heteroatoms. The van der Waals surface area contributed by atoms with Gasteiger partial charge >= 0.3 is 0 Å². The molecule has 22 heavy (non-hydrogen) atoms. The van der Waals surface area contributed by atoms with Gasteiger partial charge in [-0.1, -0.05) is 35.9 Å². The largest absolute Gasteiger partial charge is 0.381 e. The van der Waals surface area contributed by atoms with Gasteiger partial charge in [0.2, 0.25) is 0 Å². The summed E-state index contributed by atoms with van der Waals surface area (Å²) in [5.74, 6) is -0.165. The van der Waals surface area contributed by atoms with E-state index in [2.05, 4.69) is 5.32 Å². The Kier molecular flexibility index (Phi) is 4.96. The van der Waals surface area contributed by atoms with Crippen LogP contribution < -0.4 is 10.2 Å². The molecular formula is C18H21ClFN2+. The lowest BCUT2D eigenvalue weighted by Gasteiger charge is -2.30. The van der Waals surface area contributed by atoms with Crippen molar-refractivity contribution in [3.63, 3.8) is 0 Å². The Labute approximate surface area is 135 Å². The van der Waals surface area contributed by atoms with Crippen LogP contribution in [0, 0.1) is 5.82 Å². The number of hydrogen-bond donors (Lipinski definition) is 2. The van der Waals surface area contributed by atoms with E-state index in [-0.39, 0.29) is 5.82 Å². The van der Waals surface area contributed by atoms with Gasteiger partial charge in [0.25, 0.3) is 0 Å². The third-order valence-corrected chi connectivity index (χ3v) is 4.62. The summed E-state index contributed by atoms with van der Waals surface area (Å²) in [6.07, 6.45) is 2.25. The van der Waals surface area contributed by atoms with Gasteiger partial charge in [0.1, 0.15) is 12.4 Å². The van der Waals surface area contributed by atoms with Crippen LogP contribution in [0.25, 0.3) is 0 Å². The van der Waals surface area contributed by atoms with Crippen LogP contribution >= 0.6 is 11.6 Å². The summed E-state index contributed by atoms with van der Waals surface area (Å²) in [5.41, 5.74) is 2.23. The minimum Gasteiger partial charge on any atom is -0.381 e. The molecule has 116 valence electrons. The number of para-hydroxylation sites is 1. The second kappa shape index (κ2) is 7.12. The summed E-state index contributed by atoms with van der Waals surface area (Å²) in [6, 6.07) is 15.2. The van der Waals surface area contributed by atoms with Crippen molar-refractivity contribution in [2.24, 2.45) is 0 Å². The van der Waals surface area contributed by atoms with Crippen molar-refractivity contribution < 1.29 is 9.29 Å². The van der Waals surface area contributed by atoms with Crippen LogP contribution in [0.15, 0.2) is 48.5 Å². The highest BCUT2D eigenvalue weighted by Crippen LogP contribution is 2.22. The maximum atomic E-state index is 12.9. The van der Waals surface area contributed by atoms with E-state index < -0.39 is 0 Å². The molecule has 1 fully saturated rings. The monoisotopic (exact) mass is 319 g/mol. The molecule has 2 nitrogen and oxygen atoms in total. The SMILES string of the molecule is Fc1ccc(C[NH+]2CCC(Nc3ccccc3Cl)CC2)cc1. The van der Waals surface area contributed by atoms with E-state index in [0.717, 1.165) is 43.2 Å². The maximum absolute atomic E-state index is 12.9. The summed E-state index contributed by atoms with van der Waals surface area (Å²) >= 11 is 6.19. The number of nitrogens with one attached hydrogen (secondary N) is 2. The Bertz CT molecular complexity index is 607. The van der Waals surface area contributed by atoms with Crippen LogP contribution in [0.4, 0.5) is 10.1 Å². The number of piperidine rings is 1. The van der Waals surface area contributed by atoms with E-state index >= 15 is 0 Å². The van der Waals surface area contributed by atoms with Crippen molar-refractivity contribution in [3.8, 4) is 0 Å². The average Bonchev–Trinajstić information content (AvgIpc) is 2.54. The Hall–Kier alpha value is -1.58. The third-order valence-electron chi connectivity index (χ3n) is 4.29. The van der Waals surface area contributed by atoms with Gasteiger partial charge in [-0.05, 0) is 24.3 Å². The molecule has 0 amide bonds. The zero-order valence-corrected chi connectivity index (χ0v) is 13.2. The fourth-order valence-electron chi connectivity index (χ4n) is 3.04. The summed E-state index contributed by atoms with van der Waals surface area (Å²) < 4.78 is 12.9. The Morgan fingerprint density at radius 1 is 1.05 bits per heavy atom. The Balaban J connectivity index is 1.50. The molecule has 2 aromatic rings. The van der Waals surface area contributed by atoms with Gasteiger partial charge in [-0.2, -0.15) is 0 Å². The van der Waals surface area contributed by atoms with E-state index in [9.17, 15) is 4.39 Å². The summed E-state index contributed by atoms with van der Waals surface area (Å²) in [7, 11) is 0. The molecule has 0 atom stereocenters. The van der Waals surface area contributed by atoms with Gasteiger partial charge < -0.3 is 10.2 Å². The average molecular weight is 320 g/mol. The molecule has 1 saturated heterocycles. The Morgan fingerprint density at radius 3 is 2.41 bits per heavy atom. The van der Waals surface area contributed by atoms with E-state index in [4.69, 9.17) is 11.6 Å². The van der Waals surface area contributed by atoms with Gasteiger partial charge in [0.15, 0.2) is 0 Å². The second-order valence-corrected chi connectivity index (χ2v) is 6.36. The molecule has 0 spiro atoms. The van der Waals surface area contributed by atoms with Crippen molar-refractivity contribution in [1.82, 2.24) is 0 Å². The number of benzene rings is 2. The van der Waals surface area contributed by atoms with Gasteiger partial charge in [-0.15, -0.1) is 0 Å². The highest BCUT2D eigenvalue weighted by atomic mass is 35.5. The molecule has 3 rings (SSSR count). The first-order valence-electron chi connectivity index (χ1n) is 7.80. The zero-order valence-electron chi connectivity index (χ0n) is 12.5. The number of quaternary nitrogens is 1. The first kappa shape index (κ1) is 15.3. The topological polar surface area (TPSA) is 16.5 Å². The van der Waals surface area contributed by atoms with Gasteiger partial charge in [0.05, 0.1) is 23.8 Å². The zero-order chi connectivity index (χ0) is 15.4. The third kappa shape index (κ3) is 3.99. The predicted octanol–water partition coefficient (Wildman–Crippen LogP) is 3.14. The second-order valence-electron chi connectivity index (χ2n) is 5.95. The van der Waals surface area contributed by atoms with Crippen LogP contribution in [0.2, 0.25) is 5.02 Å². The van der Waals surface area contributed by atoms with E-state index in [1.54, 1.807) is 17.0 Å². The van der Waals surface area contributed by atoms with Crippen LogP contribution in [-0.4, -0.2) is 19.1 Å². The van der Waals surface area contributed by atoms with Crippen molar-refractivity contribution in [1.29, 1.82) is 0 Å². The molecule has 2 aromatic carbocycles. The van der Waals surface area contributed by atoms with E-state index in [1.807, 2.05) is 36.4 Å². The number of hydrogen-bond acceptors (Lipinski definition) is 1.